The first-order valence-electron chi connectivity index (χ1n) is 6.45. The minimum atomic E-state index is 0.993. The van der Waals surface area contributed by atoms with Crippen LogP contribution in [0.5, 0.6) is 0 Å². The molecule has 0 aliphatic heterocycles. The van der Waals surface area contributed by atoms with Crippen LogP contribution in [0.25, 0.3) is 17.1 Å². The Hall–Kier alpha value is -2.07. The largest absolute Gasteiger partial charge is 0.337 e. The van der Waals surface area contributed by atoms with Gasteiger partial charge in [-0.15, -0.1) is 0 Å². The molecule has 0 unspecified atom stereocenters. The minimum absolute atomic E-state index is 0.993. The van der Waals surface area contributed by atoms with Gasteiger partial charge in [-0.2, -0.15) is 0 Å². The van der Waals surface area contributed by atoms with E-state index in [1.54, 1.807) is 11.8 Å². The highest BCUT2D eigenvalue weighted by Gasteiger charge is 2.25. The van der Waals surface area contributed by atoms with Crippen LogP contribution < -0.4 is 4.57 Å². The molecule has 3 aromatic rings. The highest BCUT2D eigenvalue weighted by Crippen LogP contribution is 2.21. The molecule has 0 fully saturated rings. The van der Waals surface area contributed by atoms with E-state index in [2.05, 4.69) is 48.0 Å². The minimum Gasteiger partial charge on any atom is -0.221 e. The molecule has 0 amide bonds. The van der Waals surface area contributed by atoms with E-state index >= 15 is 0 Å². The van der Waals surface area contributed by atoms with Crippen molar-refractivity contribution >= 4 is 11.8 Å². The Kier molecular flexibility index (Phi) is 3.56. The first kappa shape index (κ1) is 12.9. The Bertz CT molecular complexity index is 705. The quantitative estimate of drug-likeness (QED) is 0.544. The Morgan fingerprint density at radius 3 is 2.15 bits per heavy atom. The number of thioether (sulfide) groups is 1. The molecule has 3 nitrogen and oxygen atoms in total. The lowest BCUT2D eigenvalue weighted by atomic mass is 10.2. The van der Waals surface area contributed by atoms with Crippen LogP contribution >= 0.6 is 11.8 Å². The van der Waals surface area contributed by atoms with Crippen molar-refractivity contribution in [2.24, 2.45) is 7.05 Å². The maximum atomic E-state index is 4.72. The Balaban J connectivity index is 2.25. The smallest absolute Gasteiger partial charge is 0.221 e. The monoisotopic (exact) mass is 282 g/mol. The van der Waals surface area contributed by atoms with Gasteiger partial charge in [0.2, 0.25) is 0 Å². The predicted molar refractivity (Wildman–Crippen MR) is 82.0 cm³/mol. The topological polar surface area (TPSA) is 21.7 Å². The predicted octanol–water partition coefficient (Wildman–Crippen LogP) is 3.09. The van der Waals surface area contributed by atoms with Crippen LogP contribution in [0.4, 0.5) is 0 Å². The molecular weight excluding hydrogens is 266 g/mol. The van der Waals surface area contributed by atoms with Crippen molar-refractivity contribution < 1.29 is 4.57 Å². The van der Waals surface area contributed by atoms with Crippen molar-refractivity contribution in [3.8, 4) is 17.1 Å². The van der Waals surface area contributed by atoms with Crippen molar-refractivity contribution in [1.82, 2.24) is 9.78 Å². The second-order valence-electron chi connectivity index (χ2n) is 4.48. The maximum absolute atomic E-state index is 4.72. The molecule has 100 valence electrons. The van der Waals surface area contributed by atoms with Crippen LogP contribution in [0.2, 0.25) is 0 Å². The molecule has 0 spiro atoms. The lowest BCUT2D eigenvalue weighted by Crippen LogP contribution is -2.31. The van der Waals surface area contributed by atoms with Crippen LogP contribution in [0.3, 0.4) is 0 Å². The number of para-hydroxylation sites is 1. The first-order valence-corrected chi connectivity index (χ1v) is 7.67. The molecule has 0 N–H and O–H groups in total. The van der Waals surface area contributed by atoms with Gasteiger partial charge in [0.15, 0.2) is 0 Å². The molecule has 1 heterocycles. The van der Waals surface area contributed by atoms with Gasteiger partial charge in [0.1, 0.15) is 5.69 Å². The molecule has 4 heteroatoms. The van der Waals surface area contributed by atoms with Crippen LogP contribution in [-0.4, -0.2) is 16.0 Å². The lowest BCUT2D eigenvalue weighted by molar-refractivity contribution is -0.698. The van der Waals surface area contributed by atoms with E-state index in [-0.39, 0.29) is 0 Å². The number of nitrogens with zero attached hydrogens (tertiary/aromatic N) is 3. The Morgan fingerprint density at radius 2 is 1.55 bits per heavy atom. The fourth-order valence-electron chi connectivity index (χ4n) is 2.26. The summed E-state index contributed by atoms with van der Waals surface area (Å²) in [5.41, 5.74) is 2.23. The number of hydrogen-bond acceptors (Lipinski definition) is 2. The van der Waals surface area contributed by atoms with E-state index in [1.807, 2.05) is 35.2 Å². The zero-order valence-corrected chi connectivity index (χ0v) is 12.3. The molecule has 1 aromatic heterocycles. The molecule has 0 saturated heterocycles. The van der Waals surface area contributed by atoms with Gasteiger partial charge in [0.05, 0.1) is 17.7 Å². The zero-order chi connectivity index (χ0) is 13.9. The summed E-state index contributed by atoms with van der Waals surface area (Å²) in [6.07, 6.45) is 2.05. The zero-order valence-electron chi connectivity index (χ0n) is 11.5. The highest BCUT2D eigenvalue weighted by atomic mass is 32.2. The molecule has 20 heavy (non-hydrogen) atoms. The molecule has 2 aromatic carbocycles. The average Bonchev–Trinajstić information content (AvgIpc) is 2.86. The molecule has 0 atom stereocenters. The third-order valence-electron chi connectivity index (χ3n) is 3.21. The molecule has 0 aliphatic rings. The van der Waals surface area contributed by atoms with Crippen LogP contribution in [0.15, 0.2) is 65.8 Å². The summed E-state index contributed by atoms with van der Waals surface area (Å²) in [7, 11) is 2.06. The van der Waals surface area contributed by atoms with Gasteiger partial charge in [0, 0.05) is 0 Å². The van der Waals surface area contributed by atoms with Crippen LogP contribution in [-0.2, 0) is 7.05 Å². The van der Waals surface area contributed by atoms with E-state index in [9.17, 15) is 0 Å². The van der Waals surface area contributed by atoms with Crippen molar-refractivity contribution in [1.29, 1.82) is 0 Å². The first-order chi connectivity index (χ1) is 9.81. The molecular formula is C16H16N3S+. The van der Waals surface area contributed by atoms with Gasteiger partial charge in [-0.05, 0) is 30.5 Å². The number of benzene rings is 2. The SMILES string of the molecule is CSc1nn(-c2ccccc2)c(-c2ccccc2)[n+]1C. The summed E-state index contributed by atoms with van der Waals surface area (Å²) in [5, 5.41) is 5.71. The summed E-state index contributed by atoms with van der Waals surface area (Å²) >= 11 is 1.65. The van der Waals surface area contributed by atoms with Gasteiger partial charge in [-0.3, -0.25) is 0 Å². The molecule has 0 bridgehead atoms. The Morgan fingerprint density at radius 1 is 0.950 bits per heavy atom. The van der Waals surface area contributed by atoms with Crippen molar-refractivity contribution in [2.45, 2.75) is 5.16 Å². The van der Waals surface area contributed by atoms with E-state index in [4.69, 9.17) is 5.10 Å². The van der Waals surface area contributed by atoms with Crippen molar-refractivity contribution in [3.63, 3.8) is 0 Å². The van der Waals surface area contributed by atoms with Gasteiger partial charge < -0.3 is 0 Å². The van der Waals surface area contributed by atoms with Gasteiger partial charge >= 0.3 is 5.16 Å². The van der Waals surface area contributed by atoms with Gasteiger partial charge in [-0.25, -0.2) is 4.57 Å². The number of rotatable bonds is 3. The second kappa shape index (κ2) is 5.51. The molecule has 0 saturated carbocycles. The van der Waals surface area contributed by atoms with Crippen LogP contribution in [0, 0.1) is 0 Å². The fourth-order valence-corrected chi connectivity index (χ4v) is 2.79. The van der Waals surface area contributed by atoms with Crippen molar-refractivity contribution in [2.75, 3.05) is 6.26 Å². The summed E-state index contributed by atoms with van der Waals surface area (Å²) in [6, 6.07) is 20.6. The third kappa shape index (κ3) is 2.23. The average molecular weight is 282 g/mol. The lowest BCUT2D eigenvalue weighted by Gasteiger charge is -2.01. The highest BCUT2D eigenvalue weighted by molar-refractivity contribution is 7.98. The maximum Gasteiger partial charge on any atom is 0.337 e. The summed E-state index contributed by atoms with van der Waals surface area (Å²) in [5.74, 6) is 1.08. The third-order valence-corrected chi connectivity index (χ3v) is 3.93. The number of hydrogen-bond donors (Lipinski definition) is 0. The van der Waals surface area contributed by atoms with E-state index in [0.717, 1.165) is 22.2 Å². The normalized spacial score (nSPS) is 10.7. The summed E-state index contributed by atoms with van der Waals surface area (Å²) in [6.45, 7) is 0. The van der Waals surface area contributed by atoms with E-state index in [0.29, 0.717) is 0 Å². The standard InChI is InChI=1S/C16H16N3S/c1-18-15(13-9-5-3-6-10-13)19(17-16(18)20-2)14-11-7-4-8-12-14/h3-12H,1-2H3/q+1. The molecule has 3 rings (SSSR count). The summed E-state index contributed by atoms with van der Waals surface area (Å²) < 4.78 is 4.13. The molecule has 0 radical (unpaired) electrons. The Labute approximate surface area is 122 Å². The van der Waals surface area contributed by atoms with Crippen LogP contribution in [0.1, 0.15) is 0 Å². The van der Waals surface area contributed by atoms with E-state index < -0.39 is 0 Å². The number of aromatic nitrogens is 3. The second-order valence-corrected chi connectivity index (χ2v) is 5.26. The van der Waals surface area contributed by atoms with E-state index in [1.165, 1.54) is 0 Å². The van der Waals surface area contributed by atoms with Gasteiger partial charge in [0.25, 0.3) is 5.82 Å². The summed E-state index contributed by atoms with van der Waals surface area (Å²) in [4.78, 5) is 0. The van der Waals surface area contributed by atoms with Gasteiger partial charge in [-0.1, -0.05) is 52.8 Å². The fraction of sp³-hybridized carbons (Fsp3) is 0.125. The molecule has 0 aliphatic carbocycles. The van der Waals surface area contributed by atoms with Crippen molar-refractivity contribution in [3.05, 3.63) is 60.7 Å².